The van der Waals surface area contributed by atoms with Gasteiger partial charge < -0.3 is 4.74 Å². The van der Waals surface area contributed by atoms with Crippen LogP contribution in [0.15, 0.2) is 36.8 Å². The van der Waals surface area contributed by atoms with Gasteiger partial charge in [0.15, 0.2) is 17.7 Å². The molecule has 1 N–H and O–H groups in total. The fourth-order valence-corrected chi connectivity index (χ4v) is 5.56. The highest BCUT2D eigenvalue weighted by Gasteiger charge is 2.29. The Balaban J connectivity index is 1.64. The molecule has 1 fully saturated rings. The molecule has 0 saturated carbocycles. The molecule has 1 unspecified atom stereocenters. The van der Waals surface area contributed by atoms with Gasteiger partial charge in [0.25, 0.3) is 0 Å². The molecule has 0 amide bonds. The molecule has 3 aromatic heterocycles. The number of benzene rings is 1. The normalized spacial score (nSPS) is 15.6. The summed E-state index contributed by atoms with van der Waals surface area (Å²) in [7, 11) is -4.04. The fourth-order valence-electron chi connectivity index (χ4n) is 4.43. The molecule has 1 saturated heterocycles. The number of sulfonamides is 1. The van der Waals surface area contributed by atoms with Crippen LogP contribution in [0.2, 0.25) is 0 Å². The first kappa shape index (κ1) is 27.2. The average molecular weight is 568 g/mol. The van der Waals surface area contributed by atoms with Crippen LogP contribution >= 0.6 is 0 Å². The van der Waals surface area contributed by atoms with Gasteiger partial charge in [0.1, 0.15) is 23.3 Å². The van der Waals surface area contributed by atoms with Crippen LogP contribution in [0.5, 0.6) is 0 Å². The average Bonchev–Trinajstić information content (AvgIpc) is 3.34. The van der Waals surface area contributed by atoms with E-state index in [1.54, 1.807) is 13.0 Å². The number of anilines is 1. The summed E-state index contributed by atoms with van der Waals surface area (Å²) >= 11 is 0. The number of hydrogen-bond acceptors (Lipinski definition) is 9. The minimum Gasteiger partial charge on any atom is -0.356 e. The molecule has 4 heterocycles. The van der Waals surface area contributed by atoms with Gasteiger partial charge in [0, 0.05) is 36.3 Å². The van der Waals surface area contributed by atoms with E-state index in [-0.39, 0.29) is 29.1 Å². The van der Waals surface area contributed by atoms with E-state index in [1.807, 2.05) is 10.8 Å². The minimum absolute atomic E-state index is 0.0203. The molecule has 1 atom stereocenters. The molecule has 40 heavy (non-hydrogen) atoms. The Morgan fingerprint density at radius 2 is 1.93 bits per heavy atom. The van der Waals surface area contributed by atoms with Crippen molar-refractivity contribution in [1.29, 1.82) is 5.26 Å². The first-order chi connectivity index (χ1) is 19.2. The summed E-state index contributed by atoms with van der Waals surface area (Å²) in [6, 6.07) is 5.21. The Bertz CT molecular complexity index is 1750. The lowest BCUT2D eigenvalue weighted by atomic mass is 10.0. The van der Waals surface area contributed by atoms with E-state index < -0.39 is 44.9 Å². The highest BCUT2D eigenvalue weighted by atomic mass is 32.2. The summed E-state index contributed by atoms with van der Waals surface area (Å²) in [6.07, 6.45) is 6.46. The predicted octanol–water partition coefficient (Wildman–Crippen LogP) is 4.12. The van der Waals surface area contributed by atoms with E-state index in [4.69, 9.17) is 10.00 Å². The number of nitriles is 1. The van der Waals surface area contributed by atoms with Crippen LogP contribution in [-0.2, 0) is 14.8 Å². The van der Waals surface area contributed by atoms with E-state index in [1.165, 1.54) is 23.3 Å². The van der Waals surface area contributed by atoms with Crippen LogP contribution < -0.4 is 4.72 Å². The summed E-state index contributed by atoms with van der Waals surface area (Å²) in [5.41, 5.74) is -0.372. The Morgan fingerprint density at radius 1 is 1.18 bits per heavy atom. The van der Waals surface area contributed by atoms with Crippen LogP contribution in [-0.4, -0.2) is 51.3 Å². The van der Waals surface area contributed by atoms with Crippen molar-refractivity contribution in [2.24, 2.45) is 0 Å². The van der Waals surface area contributed by atoms with Crippen LogP contribution in [0.25, 0.3) is 22.2 Å². The number of carbonyl (C=O) groups excluding carboxylic acids is 1. The third-order valence-corrected chi connectivity index (χ3v) is 7.80. The zero-order valence-corrected chi connectivity index (χ0v) is 22.1. The van der Waals surface area contributed by atoms with Crippen LogP contribution in [0, 0.1) is 23.0 Å². The maximum atomic E-state index is 15.5. The number of aromatic nitrogens is 5. The van der Waals surface area contributed by atoms with E-state index in [9.17, 15) is 17.6 Å². The largest absolute Gasteiger partial charge is 0.356 e. The quantitative estimate of drug-likeness (QED) is 0.310. The third kappa shape index (κ3) is 5.25. The van der Waals surface area contributed by atoms with Gasteiger partial charge in [-0.15, -0.1) is 0 Å². The lowest BCUT2D eigenvalue weighted by Crippen LogP contribution is -2.20. The summed E-state index contributed by atoms with van der Waals surface area (Å²) in [5, 5.41) is 13.7. The molecular weight excluding hydrogens is 544 g/mol. The smallest absolute Gasteiger partial charge is 0.232 e. The second-order valence-electron chi connectivity index (χ2n) is 9.15. The number of hydrogen-bond donors (Lipinski definition) is 1. The summed E-state index contributed by atoms with van der Waals surface area (Å²) in [5.74, 6) is -3.79. The molecular formula is C26H23F2N7O4S. The molecule has 11 nitrogen and oxygen atoms in total. The molecule has 1 aromatic carbocycles. The molecule has 0 spiro atoms. The van der Waals surface area contributed by atoms with E-state index in [0.717, 1.165) is 25.0 Å². The van der Waals surface area contributed by atoms with Crippen molar-refractivity contribution in [2.75, 3.05) is 17.1 Å². The summed E-state index contributed by atoms with van der Waals surface area (Å²) in [6.45, 7) is 2.10. The highest BCUT2D eigenvalue weighted by Crippen LogP contribution is 2.32. The first-order valence-electron chi connectivity index (χ1n) is 12.5. The minimum atomic E-state index is -4.04. The van der Waals surface area contributed by atoms with Crippen LogP contribution in [0.3, 0.4) is 0 Å². The molecule has 14 heteroatoms. The van der Waals surface area contributed by atoms with Gasteiger partial charge in [-0.05, 0) is 43.9 Å². The molecule has 1 aliphatic heterocycles. The number of ketones is 1. The Kier molecular flexibility index (Phi) is 7.51. The van der Waals surface area contributed by atoms with Crippen molar-refractivity contribution in [1.82, 2.24) is 24.7 Å². The number of halogens is 2. The molecule has 0 radical (unpaired) electrons. The maximum absolute atomic E-state index is 15.5. The van der Waals surface area contributed by atoms with Crippen molar-refractivity contribution in [3.05, 3.63) is 65.5 Å². The third-order valence-electron chi connectivity index (χ3n) is 6.34. The molecule has 1 aliphatic rings. The highest BCUT2D eigenvalue weighted by molar-refractivity contribution is 7.92. The van der Waals surface area contributed by atoms with Crippen molar-refractivity contribution in [3.8, 4) is 17.2 Å². The lowest BCUT2D eigenvalue weighted by Gasteiger charge is -2.23. The zero-order chi connectivity index (χ0) is 28.4. The summed E-state index contributed by atoms with van der Waals surface area (Å²) in [4.78, 5) is 26.1. The number of pyridine rings is 1. The van der Waals surface area contributed by atoms with Crippen molar-refractivity contribution in [3.63, 3.8) is 0 Å². The van der Waals surface area contributed by atoms with Crippen LogP contribution in [0.4, 0.5) is 14.5 Å². The lowest BCUT2D eigenvalue weighted by molar-refractivity contribution is -0.0371. The van der Waals surface area contributed by atoms with Gasteiger partial charge in [-0.3, -0.25) is 9.52 Å². The molecule has 206 valence electrons. The monoisotopic (exact) mass is 567 g/mol. The maximum Gasteiger partial charge on any atom is 0.232 e. The van der Waals surface area contributed by atoms with Gasteiger partial charge in [-0.1, -0.05) is 6.92 Å². The second kappa shape index (κ2) is 11.0. The Hall–Kier alpha value is -4.35. The van der Waals surface area contributed by atoms with Gasteiger partial charge in [-0.2, -0.15) is 10.4 Å². The van der Waals surface area contributed by atoms with E-state index in [0.29, 0.717) is 29.8 Å². The van der Waals surface area contributed by atoms with Crippen LogP contribution in [0.1, 0.15) is 60.7 Å². The van der Waals surface area contributed by atoms with Gasteiger partial charge in [0.05, 0.1) is 16.7 Å². The number of carbonyl (C=O) groups is 1. The number of ether oxygens (including phenoxy) is 1. The van der Waals surface area contributed by atoms with E-state index in [2.05, 4.69) is 20.1 Å². The second-order valence-corrected chi connectivity index (χ2v) is 11.0. The van der Waals surface area contributed by atoms with Gasteiger partial charge in [-0.25, -0.2) is 36.8 Å². The number of nitrogens with zero attached hydrogens (tertiary/aromatic N) is 6. The van der Waals surface area contributed by atoms with Crippen molar-refractivity contribution >= 4 is 32.5 Å². The zero-order valence-electron chi connectivity index (χ0n) is 21.3. The molecule has 0 bridgehead atoms. The van der Waals surface area contributed by atoms with Crippen molar-refractivity contribution in [2.45, 2.75) is 38.8 Å². The number of rotatable bonds is 8. The molecule has 4 aromatic rings. The first-order valence-corrected chi connectivity index (χ1v) is 14.1. The van der Waals surface area contributed by atoms with E-state index >= 15 is 4.39 Å². The predicted molar refractivity (Wildman–Crippen MR) is 140 cm³/mol. The number of nitrogens with one attached hydrogen (secondary N) is 1. The number of fused-ring (bicyclic) bond motifs is 1. The topological polar surface area (TPSA) is 153 Å². The Morgan fingerprint density at radius 3 is 2.60 bits per heavy atom. The van der Waals surface area contributed by atoms with Gasteiger partial charge in [0.2, 0.25) is 21.6 Å². The van der Waals surface area contributed by atoms with Gasteiger partial charge >= 0.3 is 0 Å². The fraction of sp³-hybridized carbons (Fsp3) is 0.308. The Labute approximate surface area is 227 Å². The van der Waals surface area contributed by atoms with Crippen molar-refractivity contribution < 1.29 is 26.7 Å². The summed E-state index contributed by atoms with van der Waals surface area (Å²) < 4.78 is 63.7. The molecule has 5 rings (SSSR count). The molecule has 0 aliphatic carbocycles. The standard InChI is InChI=1S/C26H23F2N7O4S/c1-2-9-40(37,38)34-24-19(27)7-6-17(22(24)28)25(36)23-18-10-15(16-13-30-20(11-29)31-14-16)12-32-26(18)35(33-23)21-5-3-4-8-39-21/h6-7,10,12-14,21,34H,2-5,8-9H2,1H3. The SMILES string of the molecule is CCCS(=O)(=O)Nc1c(F)ccc(C(=O)c2nn(C3CCCCO3)c3ncc(-c4cnc(C#N)nc4)cc23)c1F.